The topological polar surface area (TPSA) is 31.2 Å². The van der Waals surface area contributed by atoms with Gasteiger partial charge in [-0.2, -0.15) is 0 Å². The zero-order valence-corrected chi connectivity index (χ0v) is 8.32. The maximum absolute atomic E-state index is 10.7. The summed E-state index contributed by atoms with van der Waals surface area (Å²) in [7, 11) is 0. The van der Waals surface area contributed by atoms with Crippen molar-refractivity contribution in [3.05, 3.63) is 35.5 Å². The Hall–Kier alpha value is -1.57. The van der Waals surface area contributed by atoms with Crippen LogP contribution in [0, 0.1) is 0 Å². The number of nitrogens with zero attached hydrogens (tertiary/aromatic N) is 1. The van der Waals surface area contributed by atoms with Gasteiger partial charge >= 0.3 is 0 Å². The van der Waals surface area contributed by atoms with Gasteiger partial charge in [0.25, 0.3) is 0 Å². The van der Waals surface area contributed by atoms with Gasteiger partial charge in [-0.1, -0.05) is 26.0 Å². The van der Waals surface area contributed by atoms with Crippen LogP contribution >= 0.6 is 0 Å². The summed E-state index contributed by atoms with van der Waals surface area (Å²) >= 11 is 0. The molecular weight excluding hydrogens is 174 g/mol. The maximum Gasteiger partial charge on any atom is 0.152 e. The van der Waals surface area contributed by atoms with Gasteiger partial charge in [0.05, 0.1) is 5.69 Å². The molecule has 0 N–H and O–H groups in total. The number of allylic oxidation sites excluding steroid dienone is 1. The smallest absolute Gasteiger partial charge is 0.152 e. The fourth-order valence-corrected chi connectivity index (χ4v) is 1.56. The zero-order valence-electron chi connectivity index (χ0n) is 8.32. The minimum Gasteiger partial charge on any atom is -0.298 e. The maximum atomic E-state index is 10.7. The normalized spacial score (nSPS) is 13.5. The zero-order chi connectivity index (χ0) is 10.1. The third-order valence-corrected chi connectivity index (χ3v) is 2.47. The molecule has 2 rings (SSSR count). The fourth-order valence-electron chi connectivity index (χ4n) is 1.56. The van der Waals surface area contributed by atoms with Crippen molar-refractivity contribution in [3.8, 4) is 0 Å². The van der Waals surface area contributed by atoms with Gasteiger partial charge < -0.3 is 0 Å². The first-order chi connectivity index (χ1) is 6.72. The van der Waals surface area contributed by atoms with E-state index in [1.807, 2.05) is 12.1 Å². The average molecular weight is 186 g/mol. The van der Waals surface area contributed by atoms with Crippen molar-refractivity contribution in [2.24, 2.45) is 0 Å². The first kappa shape index (κ1) is 9.00. The summed E-state index contributed by atoms with van der Waals surface area (Å²) in [6.07, 6.45) is 2.48. The molecule has 71 valence electrons. The van der Waals surface area contributed by atoms with E-state index in [0.717, 1.165) is 17.5 Å². The Labute approximate surface area is 83.6 Å². The summed E-state index contributed by atoms with van der Waals surface area (Å²) < 4.78 is 0. The Bertz CT molecular complexity index is 405. The van der Waals surface area contributed by atoms with E-state index in [9.17, 15) is 4.79 Å². The molecule has 0 aromatic heterocycles. The molecule has 0 fully saturated rings. The highest BCUT2D eigenvalue weighted by molar-refractivity contribution is 6.10. The van der Waals surface area contributed by atoms with E-state index in [4.69, 9.17) is 0 Å². The molecule has 0 atom stereocenters. The highest BCUT2D eigenvalue weighted by Crippen LogP contribution is 2.31. The van der Waals surface area contributed by atoms with Gasteiger partial charge in [0, 0.05) is 17.3 Å². The van der Waals surface area contributed by atoms with Gasteiger partial charge in [-0.3, -0.25) is 10.1 Å². The Balaban J connectivity index is 2.43. The first-order valence-corrected chi connectivity index (χ1v) is 4.73. The highest BCUT2D eigenvalue weighted by Gasteiger charge is 2.15. The Morgan fingerprint density at radius 2 is 2.14 bits per heavy atom. The molecule has 14 heavy (non-hydrogen) atoms. The van der Waals surface area contributed by atoms with Crippen LogP contribution in [0.15, 0.2) is 24.4 Å². The van der Waals surface area contributed by atoms with Gasteiger partial charge in [0.15, 0.2) is 6.29 Å². The van der Waals surface area contributed by atoms with Gasteiger partial charge in [0.1, 0.15) is 0 Å². The molecule has 0 unspecified atom stereocenters. The van der Waals surface area contributed by atoms with E-state index in [0.29, 0.717) is 11.5 Å². The second-order valence-electron chi connectivity index (χ2n) is 3.76. The highest BCUT2D eigenvalue weighted by atomic mass is 16.1. The lowest BCUT2D eigenvalue weighted by molar-refractivity contribution is -0.103. The summed E-state index contributed by atoms with van der Waals surface area (Å²) in [4.78, 5) is 10.7. The number of hydrogen-bond donors (Lipinski definition) is 0. The van der Waals surface area contributed by atoms with E-state index in [1.165, 1.54) is 5.56 Å². The quantitative estimate of drug-likeness (QED) is 0.653. The number of aldehydes is 1. The Morgan fingerprint density at radius 3 is 2.79 bits per heavy atom. The van der Waals surface area contributed by atoms with E-state index in [1.54, 1.807) is 6.20 Å². The second-order valence-corrected chi connectivity index (χ2v) is 3.76. The van der Waals surface area contributed by atoms with Crippen LogP contribution in [-0.2, 0) is 4.79 Å². The summed E-state index contributed by atoms with van der Waals surface area (Å²) in [6.45, 7) is 4.29. The van der Waals surface area contributed by atoms with Gasteiger partial charge in [0.2, 0.25) is 0 Å². The minimum absolute atomic E-state index is 0.496. The van der Waals surface area contributed by atoms with Crippen molar-refractivity contribution in [1.29, 1.82) is 0 Å². The fraction of sp³-hybridized carbons (Fsp3) is 0.250. The molecule has 1 aromatic rings. The van der Waals surface area contributed by atoms with E-state index in [2.05, 4.69) is 25.2 Å². The molecule has 1 aliphatic rings. The van der Waals surface area contributed by atoms with E-state index >= 15 is 0 Å². The third kappa shape index (κ3) is 1.33. The van der Waals surface area contributed by atoms with Crippen molar-refractivity contribution in [3.63, 3.8) is 0 Å². The first-order valence-electron chi connectivity index (χ1n) is 4.73. The summed E-state index contributed by atoms with van der Waals surface area (Å²) in [5, 5.41) is 4.20. The molecule has 1 aromatic carbocycles. The number of carbonyl (C=O) groups is 1. The van der Waals surface area contributed by atoms with Gasteiger partial charge in [-0.15, -0.1) is 0 Å². The van der Waals surface area contributed by atoms with Crippen LogP contribution < -0.4 is 5.32 Å². The lowest BCUT2D eigenvalue weighted by atomic mass is 9.99. The van der Waals surface area contributed by atoms with Crippen molar-refractivity contribution in [2.45, 2.75) is 19.8 Å². The molecule has 0 saturated carbocycles. The average Bonchev–Trinajstić information content (AvgIpc) is 2.59. The van der Waals surface area contributed by atoms with Crippen LogP contribution in [0.25, 0.3) is 5.57 Å². The van der Waals surface area contributed by atoms with Crippen molar-refractivity contribution in [1.82, 2.24) is 5.32 Å². The molecule has 0 saturated heterocycles. The molecule has 0 amide bonds. The summed E-state index contributed by atoms with van der Waals surface area (Å²) in [5.74, 6) is 0.496. The largest absolute Gasteiger partial charge is 0.298 e. The monoisotopic (exact) mass is 186 g/mol. The Morgan fingerprint density at radius 1 is 1.36 bits per heavy atom. The molecule has 1 aliphatic heterocycles. The predicted octanol–water partition coefficient (Wildman–Crippen LogP) is 2.60. The van der Waals surface area contributed by atoms with Crippen LogP contribution in [-0.4, -0.2) is 6.29 Å². The van der Waals surface area contributed by atoms with Crippen molar-refractivity contribution < 1.29 is 4.79 Å². The summed E-state index contributed by atoms with van der Waals surface area (Å²) in [5.41, 5.74) is 3.80. The van der Waals surface area contributed by atoms with Gasteiger partial charge in [-0.05, 0) is 17.5 Å². The molecule has 2 heteroatoms. The number of benzene rings is 1. The lowest BCUT2D eigenvalue weighted by Crippen LogP contribution is -1.90. The van der Waals surface area contributed by atoms with Crippen LogP contribution in [0.2, 0.25) is 0 Å². The predicted molar refractivity (Wildman–Crippen MR) is 56.4 cm³/mol. The summed E-state index contributed by atoms with van der Waals surface area (Å²) in [6, 6.07) is 6.08. The number of carbonyl (C=O) groups excluding carboxylic acids is 1. The van der Waals surface area contributed by atoms with E-state index < -0.39 is 0 Å². The van der Waals surface area contributed by atoms with Crippen LogP contribution in [0.4, 0.5) is 5.69 Å². The van der Waals surface area contributed by atoms with Crippen LogP contribution in [0.1, 0.15) is 30.9 Å². The van der Waals surface area contributed by atoms with Gasteiger partial charge in [-0.25, -0.2) is 0 Å². The Kier molecular flexibility index (Phi) is 2.12. The molecule has 1 heterocycles. The molecule has 1 radical (unpaired) electrons. The van der Waals surface area contributed by atoms with Crippen LogP contribution in [0.5, 0.6) is 0 Å². The van der Waals surface area contributed by atoms with E-state index in [-0.39, 0.29) is 0 Å². The number of rotatable bonds is 2. The second kappa shape index (κ2) is 3.29. The minimum atomic E-state index is 0.496. The lowest BCUT2D eigenvalue weighted by Gasteiger charge is -2.07. The molecule has 2 nitrogen and oxygen atoms in total. The molecule has 0 spiro atoms. The number of hydrogen-bond acceptors (Lipinski definition) is 1. The molecule has 0 aliphatic carbocycles. The third-order valence-electron chi connectivity index (χ3n) is 2.47. The SMILES string of the molecule is CC(C)c1ccc2c(c1)[N]C=C2C=O. The van der Waals surface area contributed by atoms with Crippen LogP contribution in [0.3, 0.4) is 0 Å². The molecule has 0 bridgehead atoms. The standard InChI is InChI=1S/C12H12NO/c1-8(2)9-3-4-11-10(7-14)6-13-12(11)5-9/h3-8H,1-2H3. The van der Waals surface area contributed by atoms with Crippen molar-refractivity contribution >= 4 is 17.5 Å². The number of fused-ring (bicyclic) bond motifs is 1. The van der Waals surface area contributed by atoms with Crippen molar-refractivity contribution in [2.75, 3.05) is 0 Å². The molecular formula is C12H12NO.